The normalized spacial score (nSPS) is 51.4. The van der Waals surface area contributed by atoms with E-state index in [9.17, 15) is 56.2 Å². The largest absolute Gasteiger partial charge is 0.394 e. The molecule has 0 aromatic carbocycles. The Kier molecular flexibility index (Phi) is 12.9. The first-order valence-electron chi connectivity index (χ1n) is 15.1. The van der Waals surface area contributed by atoms with Gasteiger partial charge in [0.05, 0.1) is 38.6 Å². The maximum absolute atomic E-state index is 11.2. The lowest BCUT2D eigenvalue weighted by atomic mass is 9.89. The van der Waals surface area contributed by atoms with Gasteiger partial charge in [0, 0.05) is 5.92 Å². The van der Waals surface area contributed by atoms with E-state index >= 15 is 0 Å². The highest BCUT2D eigenvalue weighted by Crippen LogP contribution is 2.36. The summed E-state index contributed by atoms with van der Waals surface area (Å²) in [4.78, 5) is 0. The molecule has 1 unspecified atom stereocenters. The van der Waals surface area contributed by atoms with Gasteiger partial charge in [-0.2, -0.15) is 0 Å². The number of aliphatic hydroxyl groups excluding tert-OH is 11. The highest BCUT2D eigenvalue weighted by atomic mass is 16.8. The molecule has 4 heterocycles. The van der Waals surface area contributed by atoms with Gasteiger partial charge < -0.3 is 89.3 Å². The third kappa shape index (κ3) is 7.64. The molecule has 0 saturated carbocycles. The minimum absolute atomic E-state index is 0.248. The molecule has 0 aliphatic carbocycles. The number of hydrogen-bond acceptors (Lipinski definition) is 18. The number of rotatable bonds is 10. The van der Waals surface area contributed by atoms with Crippen LogP contribution in [-0.4, -0.2) is 193 Å². The van der Waals surface area contributed by atoms with Crippen molar-refractivity contribution < 1.29 is 89.3 Å². The fourth-order valence-electron chi connectivity index (χ4n) is 5.97. The van der Waals surface area contributed by atoms with Crippen molar-refractivity contribution in [1.82, 2.24) is 0 Å². The van der Waals surface area contributed by atoms with Crippen LogP contribution in [0.25, 0.3) is 0 Å². The van der Waals surface area contributed by atoms with E-state index in [0.717, 1.165) is 0 Å². The Hall–Kier alpha value is -0.720. The smallest absolute Gasteiger partial charge is 0.187 e. The van der Waals surface area contributed by atoms with E-state index in [0.29, 0.717) is 0 Å². The van der Waals surface area contributed by atoms with Crippen LogP contribution in [0.3, 0.4) is 0 Å². The van der Waals surface area contributed by atoms with Crippen LogP contribution in [-0.2, 0) is 33.2 Å². The molecular weight excluding hydrogens is 612 g/mol. The van der Waals surface area contributed by atoms with Crippen molar-refractivity contribution in [2.45, 2.75) is 131 Å². The molecule has 0 aromatic rings. The van der Waals surface area contributed by atoms with Crippen molar-refractivity contribution >= 4 is 0 Å². The maximum atomic E-state index is 11.2. The van der Waals surface area contributed by atoms with Crippen molar-refractivity contribution in [2.24, 2.45) is 11.8 Å². The highest BCUT2D eigenvalue weighted by Gasteiger charge is 2.56. The molecule has 18 heteroatoms. The molecule has 45 heavy (non-hydrogen) atoms. The standard InChI is InChI=1S/C27H48O18/c1-8(2)21-18(36)19(37)22(13(6-30)40-21)43-27-24(45-26-20(38)17(35)15(33)11(4-28)41-26)23(16(34)12(5-29)42-27)44-25-14(32)9(3)10(31)7-39-25/h8-38H,4-7H2,1-3H3/t9-,10+,11+,12+,13+,14+,15+,16+,17-,18+,19+,20+,21-,22-,23-,24+,25?,26-,27+/m0/s1. The SMILES string of the molecule is CC(C)[C@@H]1O[C@H](CO)[C@H](O[C@H]2O[C@H](CO)[C@@H](O)[C@H](OC3OC[C@@H](O)[C@H](C)[C@H]3O)[C@H]2O[C@@H]2O[C@H](CO)[C@@H](O)[C@H](O)[C@H]2O)[C@H](O)[C@H]1O. The van der Waals surface area contributed by atoms with Crippen LogP contribution in [0.15, 0.2) is 0 Å². The van der Waals surface area contributed by atoms with E-state index < -0.39 is 136 Å². The number of ether oxygens (including phenoxy) is 7. The summed E-state index contributed by atoms with van der Waals surface area (Å²) in [6.07, 6.45) is -27.7. The van der Waals surface area contributed by atoms with Gasteiger partial charge in [0.2, 0.25) is 0 Å². The quantitative estimate of drug-likeness (QED) is 0.104. The lowest BCUT2D eigenvalue weighted by Gasteiger charge is -2.50. The van der Waals surface area contributed by atoms with Crippen LogP contribution in [0, 0.1) is 11.8 Å². The van der Waals surface area contributed by atoms with E-state index in [1.54, 1.807) is 13.8 Å². The summed E-state index contributed by atoms with van der Waals surface area (Å²) in [6, 6.07) is 0. The Labute approximate surface area is 259 Å². The molecule has 0 amide bonds. The summed E-state index contributed by atoms with van der Waals surface area (Å²) in [5, 5.41) is 115. The Morgan fingerprint density at radius 1 is 0.556 bits per heavy atom. The van der Waals surface area contributed by atoms with E-state index in [1.807, 2.05) is 0 Å². The van der Waals surface area contributed by atoms with Gasteiger partial charge in [-0.15, -0.1) is 0 Å². The van der Waals surface area contributed by atoms with Crippen LogP contribution in [0.1, 0.15) is 20.8 Å². The number of aliphatic hydroxyl groups is 11. The predicted molar refractivity (Wildman–Crippen MR) is 144 cm³/mol. The van der Waals surface area contributed by atoms with E-state index in [1.165, 1.54) is 6.92 Å². The van der Waals surface area contributed by atoms with Crippen molar-refractivity contribution in [3.8, 4) is 0 Å². The topological polar surface area (TPSA) is 287 Å². The van der Waals surface area contributed by atoms with Gasteiger partial charge in [-0.3, -0.25) is 0 Å². The molecule has 18 nitrogen and oxygen atoms in total. The predicted octanol–water partition coefficient (Wildman–Crippen LogP) is -6.13. The lowest BCUT2D eigenvalue weighted by molar-refractivity contribution is -0.398. The van der Waals surface area contributed by atoms with E-state index in [-0.39, 0.29) is 12.5 Å². The average molecular weight is 661 g/mol. The van der Waals surface area contributed by atoms with Gasteiger partial charge in [-0.05, 0) is 5.92 Å². The van der Waals surface area contributed by atoms with Gasteiger partial charge in [0.15, 0.2) is 18.9 Å². The minimum Gasteiger partial charge on any atom is -0.394 e. The Morgan fingerprint density at radius 3 is 1.71 bits per heavy atom. The van der Waals surface area contributed by atoms with Gasteiger partial charge in [-0.25, -0.2) is 0 Å². The van der Waals surface area contributed by atoms with Crippen LogP contribution in [0.4, 0.5) is 0 Å². The molecule has 11 N–H and O–H groups in total. The molecule has 4 saturated heterocycles. The average Bonchev–Trinajstić information content (AvgIpc) is 3.01. The molecule has 4 aliphatic heterocycles. The molecule has 4 rings (SSSR count). The molecule has 0 bridgehead atoms. The van der Waals surface area contributed by atoms with Gasteiger partial charge in [0.25, 0.3) is 0 Å². The summed E-state index contributed by atoms with van der Waals surface area (Å²) in [5.74, 6) is -1.01. The summed E-state index contributed by atoms with van der Waals surface area (Å²) >= 11 is 0. The summed E-state index contributed by atoms with van der Waals surface area (Å²) < 4.78 is 40.4. The van der Waals surface area contributed by atoms with E-state index in [2.05, 4.69) is 0 Å². The Morgan fingerprint density at radius 2 is 1.11 bits per heavy atom. The van der Waals surface area contributed by atoms with Crippen LogP contribution >= 0.6 is 0 Å². The molecule has 0 aromatic heterocycles. The third-order valence-corrected chi connectivity index (χ3v) is 8.93. The van der Waals surface area contributed by atoms with Gasteiger partial charge >= 0.3 is 0 Å². The first-order chi connectivity index (χ1) is 21.2. The second-order valence-corrected chi connectivity index (χ2v) is 12.4. The Bertz CT molecular complexity index is 911. The third-order valence-electron chi connectivity index (χ3n) is 8.93. The zero-order valence-electron chi connectivity index (χ0n) is 25.2. The fraction of sp³-hybridized carbons (Fsp3) is 1.00. The Balaban J connectivity index is 1.68. The first-order valence-corrected chi connectivity index (χ1v) is 15.1. The zero-order chi connectivity index (χ0) is 33.3. The lowest BCUT2D eigenvalue weighted by Crippen LogP contribution is -2.68. The molecule has 4 aliphatic rings. The van der Waals surface area contributed by atoms with Crippen molar-refractivity contribution in [3.63, 3.8) is 0 Å². The summed E-state index contributed by atoms with van der Waals surface area (Å²) in [6.45, 7) is 2.50. The van der Waals surface area contributed by atoms with Crippen molar-refractivity contribution in [1.29, 1.82) is 0 Å². The van der Waals surface area contributed by atoms with Gasteiger partial charge in [0.1, 0.15) is 79.4 Å². The summed E-state index contributed by atoms with van der Waals surface area (Å²) in [7, 11) is 0. The fourth-order valence-corrected chi connectivity index (χ4v) is 5.97. The van der Waals surface area contributed by atoms with Crippen molar-refractivity contribution in [2.75, 3.05) is 26.4 Å². The summed E-state index contributed by atoms with van der Waals surface area (Å²) in [5.41, 5.74) is 0. The number of hydrogen-bond donors (Lipinski definition) is 11. The van der Waals surface area contributed by atoms with Gasteiger partial charge in [-0.1, -0.05) is 20.8 Å². The first kappa shape index (κ1) is 37.1. The molecule has 0 spiro atoms. The molecule has 4 fully saturated rings. The van der Waals surface area contributed by atoms with Crippen molar-refractivity contribution in [3.05, 3.63) is 0 Å². The molecule has 0 radical (unpaired) electrons. The monoisotopic (exact) mass is 660 g/mol. The molecule has 264 valence electrons. The molecular formula is C27H48O18. The second kappa shape index (κ2) is 15.7. The van der Waals surface area contributed by atoms with Crippen LogP contribution in [0.5, 0.6) is 0 Å². The van der Waals surface area contributed by atoms with Crippen LogP contribution < -0.4 is 0 Å². The van der Waals surface area contributed by atoms with E-state index in [4.69, 9.17) is 33.2 Å². The maximum Gasteiger partial charge on any atom is 0.187 e. The molecule has 19 atom stereocenters. The highest BCUT2D eigenvalue weighted by molar-refractivity contribution is 4.99. The van der Waals surface area contributed by atoms with Crippen LogP contribution in [0.2, 0.25) is 0 Å². The zero-order valence-corrected chi connectivity index (χ0v) is 25.2. The second-order valence-electron chi connectivity index (χ2n) is 12.4. The minimum atomic E-state index is -1.93.